The Morgan fingerprint density at radius 1 is 0.933 bits per heavy atom. The van der Waals surface area contributed by atoms with Crippen LogP contribution in [0.25, 0.3) is 0 Å². The Labute approximate surface area is 172 Å². The molecule has 4 rings (SSSR count). The van der Waals surface area contributed by atoms with Crippen molar-refractivity contribution in [3.8, 4) is 0 Å². The molecule has 160 valence electrons. The van der Waals surface area contributed by atoms with Gasteiger partial charge in [0.2, 0.25) is 5.91 Å². The predicted octanol–water partition coefficient (Wildman–Crippen LogP) is 2.77. The molecule has 0 N–H and O–H groups in total. The molecule has 0 bridgehead atoms. The van der Waals surface area contributed by atoms with Gasteiger partial charge in [-0.1, -0.05) is 12.1 Å². The molecule has 0 unspecified atom stereocenters. The monoisotopic (exact) mass is 420 g/mol. The third kappa shape index (κ3) is 4.34. The number of carbonyl (C=O) groups is 2. The minimum absolute atomic E-state index is 0.0415. The molecule has 2 aliphatic rings. The van der Waals surface area contributed by atoms with E-state index in [1.807, 2.05) is 10.7 Å². The van der Waals surface area contributed by atoms with Gasteiger partial charge in [0.1, 0.15) is 0 Å². The lowest BCUT2D eigenvalue weighted by molar-refractivity contribution is -0.137. The second kappa shape index (κ2) is 8.12. The smallest absolute Gasteiger partial charge is 0.339 e. The molecule has 0 aliphatic carbocycles. The summed E-state index contributed by atoms with van der Waals surface area (Å²) in [6.45, 7) is 2.48. The van der Waals surface area contributed by atoms with Gasteiger partial charge >= 0.3 is 6.18 Å². The fourth-order valence-corrected chi connectivity index (χ4v) is 3.94. The molecule has 9 heteroatoms. The van der Waals surface area contributed by atoms with Crippen LogP contribution in [0, 0.1) is 0 Å². The van der Waals surface area contributed by atoms with Crippen LogP contribution in [0.2, 0.25) is 0 Å². The Kier molecular flexibility index (Phi) is 5.53. The lowest BCUT2D eigenvalue weighted by atomic mass is 10.1. The van der Waals surface area contributed by atoms with E-state index in [0.29, 0.717) is 37.4 Å². The van der Waals surface area contributed by atoms with Gasteiger partial charge in [0, 0.05) is 38.4 Å². The maximum atomic E-state index is 12.8. The molecule has 0 atom stereocenters. The zero-order chi connectivity index (χ0) is 21.3. The first-order valence-electron chi connectivity index (χ1n) is 10.1. The van der Waals surface area contributed by atoms with E-state index < -0.39 is 11.7 Å². The highest BCUT2D eigenvalue weighted by molar-refractivity contribution is 5.92. The van der Waals surface area contributed by atoms with Crippen LogP contribution in [0.5, 0.6) is 0 Å². The zero-order valence-electron chi connectivity index (χ0n) is 16.5. The Morgan fingerprint density at radius 2 is 1.60 bits per heavy atom. The number of halogens is 3. The summed E-state index contributed by atoms with van der Waals surface area (Å²) in [5.74, 6) is -0.272. The van der Waals surface area contributed by atoms with Gasteiger partial charge in [0.25, 0.3) is 5.91 Å². The number of alkyl halides is 3. The summed E-state index contributed by atoms with van der Waals surface area (Å²) in [6.07, 6.45) is -1.23. The number of amides is 2. The Bertz CT molecular complexity index is 905. The van der Waals surface area contributed by atoms with Crippen molar-refractivity contribution in [3.05, 3.63) is 52.8 Å². The van der Waals surface area contributed by atoms with E-state index in [9.17, 15) is 22.8 Å². The van der Waals surface area contributed by atoms with E-state index in [0.717, 1.165) is 43.6 Å². The molecular weight excluding hydrogens is 397 g/mol. The Hall–Kier alpha value is -2.84. The molecule has 0 spiro atoms. The van der Waals surface area contributed by atoms with Crippen molar-refractivity contribution >= 4 is 11.8 Å². The van der Waals surface area contributed by atoms with E-state index in [1.165, 1.54) is 12.1 Å². The minimum Gasteiger partial charge on any atom is -0.339 e. The fourth-order valence-electron chi connectivity index (χ4n) is 3.94. The van der Waals surface area contributed by atoms with Crippen LogP contribution in [0.3, 0.4) is 0 Å². The number of carbonyl (C=O) groups excluding carboxylic acids is 2. The van der Waals surface area contributed by atoms with Gasteiger partial charge < -0.3 is 9.80 Å². The molecule has 2 amide bonds. The van der Waals surface area contributed by atoms with Crippen LogP contribution in [0.15, 0.2) is 30.3 Å². The normalized spacial score (nSPS) is 17.0. The summed E-state index contributed by atoms with van der Waals surface area (Å²) in [7, 11) is 0. The number of piperazine rings is 1. The van der Waals surface area contributed by atoms with E-state index in [-0.39, 0.29) is 18.2 Å². The lowest BCUT2D eigenvalue weighted by Gasteiger charge is -2.34. The van der Waals surface area contributed by atoms with Crippen molar-refractivity contribution in [2.24, 2.45) is 0 Å². The van der Waals surface area contributed by atoms with Crippen molar-refractivity contribution in [1.82, 2.24) is 19.6 Å². The average Bonchev–Trinajstić information content (AvgIpc) is 3.17. The van der Waals surface area contributed by atoms with Gasteiger partial charge in [0.15, 0.2) is 5.69 Å². The Morgan fingerprint density at radius 3 is 2.23 bits per heavy atom. The van der Waals surface area contributed by atoms with E-state index in [2.05, 4.69) is 5.10 Å². The second-order valence-corrected chi connectivity index (χ2v) is 7.75. The molecule has 1 aromatic heterocycles. The van der Waals surface area contributed by atoms with Crippen molar-refractivity contribution < 1.29 is 22.8 Å². The molecule has 0 radical (unpaired) electrons. The summed E-state index contributed by atoms with van der Waals surface area (Å²) < 4.78 is 39.9. The third-order valence-corrected chi connectivity index (χ3v) is 5.69. The summed E-state index contributed by atoms with van der Waals surface area (Å²) in [5.41, 5.74) is 1.35. The summed E-state index contributed by atoms with van der Waals surface area (Å²) >= 11 is 0. The minimum atomic E-state index is -4.39. The summed E-state index contributed by atoms with van der Waals surface area (Å²) in [5, 5.41) is 4.43. The molecule has 0 saturated carbocycles. The van der Waals surface area contributed by atoms with Crippen LogP contribution in [0.4, 0.5) is 13.2 Å². The predicted molar refractivity (Wildman–Crippen MR) is 103 cm³/mol. The lowest BCUT2D eigenvalue weighted by Crippen LogP contribution is -2.51. The van der Waals surface area contributed by atoms with E-state index >= 15 is 0 Å². The van der Waals surface area contributed by atoms with Gasteiger partial charge in [-0.05, 0) is 43.0 Å². The standard InChI is InChI=1S/C21H23F3N4O2/c22-21(23,24)16-6-4-15(5-7-16)13-19(29)26-9-11-27(12-10-26)20(30)18-14-17-3-1-2-8-28(17)25-18/h4-7,14H,1-3,8-13H2. The van der Waals surface area contributed by atoms with E-state index in [1.54, 1.807) is 9.80 Å². The number of fused-ring (bicyclic) bond motifs is 1. The van der Waals surface area contributed by atoms with Crippen LogP contribution < -0.4 is 0 Å². The maximum absolute atomic E-state index is 12.8. The maximum Gasteiger partial charge on any atom is 0.416 e. The van der Waals surface area contributed by atoms with Gasteiger partial charge in [-0.15, -0.1) is 0 Å². The van der Waals surface area contributed by atoms with Crippen molar-refractivity contribution in [2.45, 2.75) is 38.4 Å². The second-order valence-electron chi connectivity index (χ2n) is 7.75. The topological polar surface area (TPSA) is 58.4 Å². The fraction of sp³-hybridized carbons (Fsp3) is 0.476. The molecular formula is C21H23F3N4O2. The number of nitrogens with zero attached hydrogens (tertiary/aromatic N) is 4. The van der Waals surface area contributed by atoms with Crippen molar-refractivity contribution in [2.75, 3.05) is 26.2 Å². The first-order valence-corrected chi connectivity index (χ1v) is 10.1. The number of hydrogen-bond acceptors (Lipinski definition) is 3. The van der Waals surface area contributed by atoms with Crippen LogP contribution >= 0.6 is 0 Å². The molecule has 1 fully saturated rings. The first-order chi connectivity index (χ1) is 14.3. The van der Waals surface area contributed by atoms with Crippen molar-refractivity contribution in [1.29, 1.82) is 0 Å². The largest absolute Gasteiger partial charge is 0.416 e. The summed E-state index contributed by atoms with van der Waals surface area (Å²) in [6, 6.07) is 6.51. The van der Waals surface area contributed by atoms with Gasteiger partial charge in [-0.2, -0.15) is 18.3 Å². The average molecular weight is 420 g/mol. The number of aryl methyl sites for hydroxylation is 2. The highest BCUT2D eigenvalue weighted by Gasteiger charge is 2.30. The SMILES string of the molecule is O=C(Cc1ccc(C(F)(F)F)cc1)N1CCN(C(=O)c2cc3n(n2)CCCC3)CC1. The molecule has 6 nitrogen and oxygen atoms in total. The van der Waals surface area contributed by atoms with Crippen LogP contribution in [0.1, 0.15) is 40.2 Å². The van der Waals surface area contributed by atoms with Gasteiger partial charge in [-0.3, -0.25) is 14.3 Å². The molecule has 2 aliphatic heterocycles. The van der Waals surface area contributed by atoms with Gasteiger partial charge in [0.05, 0.1) is 12.0 Å². The third-order valence-electron chi connectivity index (χ3n) is 5.69. The zero-order valence-corrected chi connectivity index (χ0v) is 16.5. The highest BCUT2D eigenvalue weighted by atomic mass is 19.4. The quantitative estimate of drug-likeness (QED) is 0.767. The molecule has 2 aromatic rings. The van der Waals surface area contributed by atoms with Gasteiger partial charge in [-0.25, -0.2) is 0 Å². The number of hydrogen-bond donors (Lipinski definition) is 0. The number of rotatable bonds is 3. The number of benzene rings is 1. The summed E-state index contributed by atoms with van der Waals surface area (Å²) in [4.78, 5) is 28.6. The van der Waals surface area contributed by atoms with Crippen molar-refractivity contribution in [3.63, 3.8) is 0 Å². The molecule has 1 aromatic carbocycles. The van der Waals surface area contributed by atoms with E-state index in [4.69, 9.17) is 0 Å². The highest BCUT2D eigenvalue weighted by Crippen LogP contribution is 2.29. The molecule has 30 heavy (non-hydrogen) atoms. The molecule has 3 heterocycles. The van der Waals surface area contributed by atoms with Crippen LogP contribution in [-0.4, -0.2) is 57.6 Å². The van der Waals surface area contributed by atoms with Crippen LogP contribution in [-0.2, 0) is 30.4 Å². The number of aromatic nitrogens is 2. The molecule has 1 saturated heterocycles. The first kappa shape index (κ1) is 20.4. The Balaban J connectivity index is 1.31.